The molecule has 3 aliphatic heterocycles. The number of aromatic nitrogens is 1. The molecule has 1 aromatic carbocycles. The topological polar surface area (TPSA) is 66.9 Å². The first-order valence-corrected chi connectivity index (χ1v) is 14.3. The Morgan fingerprint density at radius 3 is 2.97 bits per heavy atom. The molecule has 0 spiro atoms. The van der Waals surface area contributed by atoms with Gasteiger partial charge in [-0.05, 0) is 82.1 Å². The summed E-state index contributed by atoms with van der Waals surface area (Å²) in [4.78, 5) is 6.85. The van der Waals surface area contributed by atoms with Gasteiger partial charge in [0, 0.05) is 49.5 Å². The number of ether oxygens (including phenoxy) is 2. The van der Waals surface area contributed by atoms with Crippen LogP contribution in [0.25, 0.3) is 0 Å². The van der Waals surface area contributed by atoms with Crippen molar-refractivity contribution < 1.29 is 23.4 Å². The lowest BCUT2D eigenvalue weighted by atomic mass is 9.82. The number of aliphatic hydroxyl groups excluding tert-OH is 1. The van der Waals surface area contributed by atoms with Crippen LogP contribution in [0.2, 0.25) is 0 Å². The molecule has 0 saturated carbocycles. The van der Waals surface area contributed by atoms with Crippen molar-refractivity contribution in [1.29, 1.82) is 0 Å². The van der Waals surface area contributed by atoms with Crippen LogP contribution in [0.5, 0.6) is 5.75 Å². The normalized spacial score (nSPS) is 21.9. The number of unbranched alkanes of at least 4 members (excludes halogenated alkanes) is 1. The number of nitrogens with one attached hydrogen (secondary N) is 1. The second kappa shape index (κ2) is 11.8. The van der Waals surface area contributed by atoms with Gasteiger partial charge in [0.05, 0.1) is 18.8 Å². The molecule has 1 fully saturated rings. The zero-order valence-electron chi connectivity index (χ0n) is 23.1. The zero-order chi connectivity index (χ0) is 27.6. The van der Waals surface area contributed by atoms with Crippen LogP contribution < -0.4 is 10.1 Å². The second-order valence-electron chi connectivity index (χ2n) is 11.7. The quantitative estimate of drug-likeness (QED) is 0.280. The Morgan fingerprint density at radius 2 is 2.18 bits per heavy atom. The largest absolute Gasteiger partial charge is 0.511 e. The molecule has 39 heavy (non-hydrogen) atoms. The second-order valence-corrected chi connectivity index (χ2v) is 11.7. The third kappa shape index (κ3) is 6.55. The molecular weight excluding hydrogens is 500 g/mol. The Morgan fingerprint density at radius 1 is 1.33 bits per heavy atom. The fourth-order valence-corrected chi connectivity index (χ4v) is 6.04. The van der Waals surface area contributed by atoms with Crippen molar-refractivity contribution in [2.75, 3.05) is 38.2 Å². The smallest absolute Gasteiger partial charge is 0.129 e. The third-order valence-electron chi connectivity index (χ3n) is 8.35. The van der Waals surface area contributed by atoms with E-state index in [0.717, 1.165) is 62.1 Å². The highest BCUT2D eigenvalue weighted by atomic mass is 19.1. The molecule has 0 radical (unpaired) electrons. The van der Waals surface area contributed by atoms with Gasteiger partial charge in [0.1, 0.15) is 28.8 Å². The van der Waals surface area contributed by atoms with Crippen molar-refractivity contribution >= 4 is 5.82 Å². The van der Waals surface area contributed by atoms with E-state index in [0.29, 0.717) is 37.4 Å². The Hall–Kier alpha value is -2.71. The molecule has 8 heteroatoms. The van der Waals surface area contributed by atoms with Crippen LogP contribution >= 0.6 is 0 Å². The molecule has 6 nitrogen and oxygen atoms in total. The molecule has 1 aromatic heterocycles. The van der Waals surface area contributed by atoms with Crippen molar-refractivity contribution in [2.45, 2.75) is 76.6 Å². The van der Waals surface area contributed by atoms with Gasteiger partial charge in [-0.2, -0.15) is 0 Å². The van der Waals surface area contributed by atoms with E-state index in [1.165, 1.54) is 17.7 Å². The van der Waals surface area contributed by atoms with E-state index in [-0.39, 0.29) is 24.4 Å². The number of rotatable bonds is 10. The maximum atomic E-state index is 14.8. The van der Waals surface area contributed by atoms with Crippen LogP contribution in [0.3, 0.4) is 0 Å². The van der Waals surface area contributed by atoms with E-state index >= 15 is 0 Å². The van der Waals surface area contributed by atoms with Gasteiger partial charge < -0.3 is 19.9 Å². The predicted molar refractivity (Wildman–Crippen MR) is 149 cm³/mol. The van der Waals surface area contributed by atoms with Crippen molar-refractivity contribution in [3.8, 4) is 5.75 Å². The molecule has 2 aromatic rings. The molecule has 3 aliphatic rings. The number of nitrogens with zero attached hydrogens (tertiary/aromatic N) is 2. The lowest BCUT2D eigenvalue weighted by Crippen LogP contribution is -2.37. The Labute approximate surface area is 230 Å². The number of hydrogen-bond donors (Lipinski definition) is 2. The first-order chi connectivity index (χ1) is 18.7. The average Bonchev–Trinajstić information content (AvgIpc) is 3.35. The summed E-state index contributed by atoms with van der Waals surface area (Å²) in [6.45, 7) is 10.0. The number of aryl methyl sites for hydroxylation is 2. The minimum absolute atomic E-state index is 0.0241. The van der Waals surface area contributed by atoms with Crippen molar-refractivity contribution in [2.24, 2.45) is 5.92 Å². The first kappa shape index (κ1) is 27.8. The fraction of sp³-hybridized carbons (Fsp3) is 0.581. The average molecular weight is 542 g/mol. The highest BCUT2D eigenvalue weighted by Crippen LogP contribution is 2.42. The van der Waals surface area contributed by atoms with Crippen LogP contribution in [0.4, 0.5) is 14.6 Å². The van der Waals surface area contributed by atoms with E-state index < -0.39 is 17.5 Å². The monoisotopic (exact) mass is 541 g/mol. The van der Waals surface area contributed by atoms with Crippen LogP contribution in [-0.2, 0) is 24.0 Å². The van der Waals surface area contributed by atoms with Crippen molar-refractivity contribution in [1.82, 2.24) is 9.88 Å². The number of halogens is 2. The molecule has 212 valence electrons. The Bertz CT molecular complexity index is 1180. The van der Waals surface area contributed by atoms with Crippen LogP contribution in [0.15, 0.2) is 36.6 Å². The van der Waals surface area contributed by atoms with E-state index in [4.69, 9.17) is 14.5 Å². The number of hydrogen-bond acceptors (Lipinski definition) is 6. The first-order valence-electron chi connectivity index (χ1n) is 14.3. The number of anilines is 1. The Balaban J connectivity index is 1.16. The summed E-state index contributed by atoms with van der Waals surface area (Å²) in [5.74, 6) is 0.606. The van der Waals surface area contributed by atoms with Crippen LogP contribution in [0, 0.1) is 11.7 Å². The number of pyridine rings is 1. The molecule has 3 atom stereocenters. The van der Waals surface area contributed by atoms with Crippen LogP contribution in [-0.4, -0.2) is 59.6 Å². The summed E-state index contributed by atoms with van der Waals surface area (Å²) in [7, 11) is 0. The summed E-state index contributed by atoms with van der Waals surface area (Å²) in [5.41, 5.74) is 2.32. The third-order valence-corrected chi connectivity index (χ3v) is 8.35. The summed E-state index contributed by atoms with van der Waals surface area (Å²) < 4.78 is 41.4. The molecule has 0 amide bonds. The highest BCUT2D eigenvalue weighted by Gasteiger charge is 2.38. The minimum atomic E-state index is -1.44. The maximum Gasteiger partial charge on any atom is 0.129 e. The molecule has 5 rings (SSSR count). The minimum Gasteiger partial charge on any atom is -0.511 e. The molecular formula is C31H41F2N3O3. The summed E-state index contributed by atoms with van der Waals surface area (Å²) >= 11 is 0. The molecule has 4 heterocycles. The maximum absolute atomic E-state index is 14.8. The number of likely N-dealkylation sites (tertiary alicyclic amines) is 1. The zero-order valence-corrected chi connectivity index (χ0v) is 23.1. The number of alkyl halides is 1. The lowest BCUT2D eigenvalue weighted by Gasteiger charge is -2.35. The van der Waals surface area contributed by atoms with E-state index in [1.54, 1.807) is 13.8 Å². The van der Waals surface area contributed by atoms with E-state index in [1.807, 2.05) is 0 Å². The van der Waals surface area contributed by atoms with Gasteiger partial charge in [0.25, 0.3) is 0 Å². The summed E-state index contributed by atoms with van der Waals surface area (Å²) in [5, 5.41) is 14.0. The van der Waals surface area contributed by atoms with Gasteiger partial charge in [-0.1, -0.05) is 12.6 Å². The molecule has 2 N–H and O–H groups in total. The lowest BCUT2D eigenvalue weighted by molar-refractivity contribution is 0.0519. The fourth-order valence-electron chi connectivity index (χ4n) is 6.04. The Kier molecular flexibility index (Phi) is 8.43. The molecule has 0 aliphatic carbocycles. The van der Waals surface area contributed by atoms with Crippen molar-refractivity contribution in [3.63, 3.8) is 0 Å². The van der Waals surface area contributed by atoms with Crippen LogP contribution in [0.1, 0.15) is 68.0 Å². The van der Waals surface area contributed by atoms with Gasteiger partial charge in [0.2, 0.25) is 0 Å². The number of fused-ring (bicyclic) bond motifs is 2. The van der Waals surface area contributed by atoms with Gasteiger partial charge in [-0.3, -0.25) is 4.90 Å². The summed E-state index contributed by atoms with van der Waals surface area (Å²) in [6, 6.07) is 6.51. The predicted octanol–water partition coefficient (Wildman–Crippen LogP) is 6.10. The molecule has 0 bridgehead atoms. The molecule has 1 saturated heterocycles. The van der Waals surface area contributed by atoms with Gasteiger partial charge in [-0.15, -0.1) is 0 Å². The SMILES string of the molecule is C=C(O)[C@H](c1cc(F)cc2c1CC(C(C)(C)F)CO2)N1CC[C@@H](OCCCCc2ccc3c(n2)NCCC3)C1. The standard InChI is InChI=1S/C31H41F2N3O3/c1-20(37)29(27-16-23(32)17-28-26(27)15-22(19-39-28)31(2,3)33)36-13-11-25(18-36)38-14-5-4-8-24-10-9-21-7-6-12-34-30(21)35-24/h9-10,16-17,22,25,29,37H,1,4-8,11-15,18-19H2,2-3H3,(H,34,35)/t22?,25-,29-/m1/s1. The highest BCUT2D eigenvalue weighted by molar-refractivity contribution is 5.47. The number of benzene rings is 1. The van der Waals surface area contributed by atoms with Gasteiger partial charge >= 0.3 is 0 Å². The summed E-state index contributed by atoms with van der Waals surface area (Å²) in [6.07, 6.45) is 6.37. The van der Waals surface area contributed by atoms with E-state index in [2.05, 4.69) is 28.9 Å². The van der Waals surface area contributed by atoms with Crippen molar-refractivity contribution in [3.05, 3.63) is 64.8 Å². The van der Waals surface area contributed by atoms with Gasteiger partial charge in [0.15, 0.2) is 0 Å². The number of aliphatic hydroxyl groups is 1. The van der Waals surface area contributed by atoms with E-state index in [9.17, 15) is 13.9 Å². The molecule has 1 unspecified atom stereocenters. The van der Waals surface area contributed by atoms with Gasteiger partial charge in [-0.25, -0.2) is 13.8 Å².